The zero-order valence-corrected chi connectivity index (χ0v) is 34.6. The zero-order chi connectivity index (χ0) is 43.7. The van der Waals surface area contributed by atoms with Gasteiger partial charge in [-0.1, -0.05) is 59.3 Å². The van der Waals surface area contributed by atoms with Gasteiger partial charge in [0.2, 0.25) is 0 Å². The molecule has 0 aromatic heterocycles. The van der Waals surface area contributed by atoms with Crippen molar-refractivity contribution < 1.29 is 84.4 Å². The number of aliphatic hydroxyl groups is 7. The summed E-state index contributed by atoms with van der Waals surface area (Å²) >= 11 is 0. The van der Waals surface area contributed by atoms with E-state index in [0.717, 1.165) is 30.4 Å². The van der Waals surface area contributed by atoms with Gasteiger partial charge in [-0.05, 0) is 96.4 Å². The molecule has 3 saturated carbocycles. The lowest BCUT2D eigenvalue weighted by Gasteiger charge is -2.70. The Morgan fingerprint density at radius 2 is 1.24 bits per heavy atom. The molecule has 5 fully saturated rings. The smallest absolute Gasteiger partial charge is 0.335 e. The number of hydrogen-bond donors (Lipinski definition) is 10. The minimum atomic E-state index is -1.92. The molecule has 0 radical (unpaired) electrons. The lowest BCUT2D eigenvalue weighted by atomic mass is 9.35. The maximum Gasteiger partial charge on any atom is 0.335 e. The van der Waals surface area contributed by atoms with Gasteiger partial charge in [-0.15, -0.1) is 0 Å². The molecule has 0 aromatic carbocycles. The van der Waals surface area contributed by atoms with Gasteiger partial charge in [0.25, 0.3) is 0 Å². The first-order chi connectivity index (χ1) is 27.2. The third-order valence-electron chi connectivity index (χ3n) is 16.9. The molecule has 2 saturated heterocycles. The Morgan fingerprint density at radius 3 is 1.76 bits per heavy atom. The number of carbonyl (C=O) groups is 3. The summed E-state index contributed by atoms with van der Waals surface area (Å²) in [7, 11) is 0. The van der Waals surface area contributed by atoms with Gasteiger partial charge < -0.3 is 70.0 Å². The van der Waals surface area contributed by atoms with Crippen molar-refractivity contribution in [3.63, 3.8) is 0 Å². The third kappa shape index (κ3) is 6.39. The van der Waals surface area contributed by atoms with E-state index in [9.17, 15) is 65.4 Å². The van der Waals surface area contributed by atoms with Crippen molar-refractivity contribution in [2.24, 2.45) is 44.3 Å². The molecule has 5 aliphatic carbocycles. The number of aliphatic carboxylic acids is 3. The number of ether oxygens (including phenoxy) is 4. The van der Waals surface area contributed by atoms with Crippen LogP contribution in [0.15, 0.2) is 23.3 Å². The highest BCUT2D eigenvalue weighted by molar-refractivity contribution is 5.76. The first-order valence-electron chi connectivity index (χ1n) is 20.7. The number of carboxylic acids is 3. The van der Waals surface area contributed by atoms with E-state index in [-0.39, 0.29) is 30.1 Å². The summed E-state index contributed by atoms with van der Waals surface area (Å²) in [6, 6.07) is 0. The lowest BCUT2D eigenvalue weighted by molar-refractivity contribution is -0.334. The van der Waals surface area contributed by atoms with E-state index in [0.29, 0.717) is 12.8 Å². The highest BCUT2D eigenvalue weighted by Gasteiger charge is 2.69. The van der Waals surface area contributed by atoms with Crippen LogP contribution in [0.2, 0.25) is 0 Å². The summed E-state index contributed by atoms with van der Waals surface area (Å²) in [4.78, 5) is 36.8. The first kappa shape index (κ1) is 44.5. The van der Waals surface area contributed by atoms with Gasteiger partial charge in [0.1, 0.15) is 36.6 Å². The quantitative estimate of drug-likeness (QED) is 0.160. The van der Waals surface area contributed by atoms with Crippen LogP contribution in [0.5, 0.6) is 0 Å². The minimum Gasteiger partial charge on any atom is -0.481 e. The van der Waals surface area contributed by atoms with Gasteiger partial charge in [-0.3, -0.25) is 4.79 Å². The molecule has 0 spiro atoms. The summed E-state index contributed by atoms with van der Waals surface area (Å²) in [5, 5.41) is 105. The highest BCUT2D eigenvalue weighted by Crippen LogP contribution is 2.74. The van der Waals surface area contributed by atoms with Gasteiger partial charge >= 0.3 is 17.9 Å². The van der Waals surface area contributed by atoms with Gasteiger partial charge in [-0.2, -0.15) is 0 Å². The van der Waals surface area contributed by atoms with Crippen molar-refractivity contribution in [1.82, 2.24) is 0 Å². The lowest BCUT2D eigenvalue weighted by Crippen LogP contribution is -2.67. The molecule has 7 aliphatic rings. The van der Waals surface area contributed by atoms with E-state index in [2.05, 4.69) is 39.8 Å². The maximum absolute atomic E-state index is 13.2. The van der Waals surface area contributed by atoms with Crippen LogP contribution in [0.4, 0.5) is 0 Å². The normalized spacial score (nSPS) is 53.0. The zero-order valence-electron chi connectivity index (χ0n) is 34.6. The fraction of sp³-hybridized carbons (Fsp3) is 0.833. The SMILES string of the molecule is CC12CCC3(C)C(=C1CC(C)(C(=O)O)C(O[C@@H]1O[C@H](C(=O)O)[C@@H](O)[C@@H](O)[C@H]1O)C2)C=CC1C2(C)CC(O)C(O[C@@H]4O[C@H](C(=O)O)[C@@H](O)[C@@H](O)[C@H]4O)C(C)(C)C2CCC13C. The highest BCUT2D eigenvalue weighted by atomic mass is 16.7. The topological polar surface area (TPSA) is 290 Å². The van der Waals surface area contributed by atoms with Crippen LogP contribution in [0.3, 0.4) is 0 Å². The largest absolute Gasteiger partial charge is 0.481 e. The number of rotatable bonds is 7. The van der Waals surface area contributed by atoms with Gasteiger partial charge in [0, 0.05) is 0 Å². The van der Waals surface area contributed by atoms with Gasteiger partial charge in [0.05, 0.1) is 23.7 Å². The Hall–Kier alpha value is -2.55. The van der Waals surface area contributed by atoms with E-state index in [4.69, 9.17) is 18.9 Å². The molecular formula is C42H62O17. The van der Waals surface area contributed by atoms with E-state index < -0.39 is 125 Å². The molecule has 59 heavy (non-hydrogen) atoms. The second-order valence-corrected chi connectivity index (χ2v) is 20.5. The summed E-state index contributed by atoms with van der Waals surface area (Å²) < 4.78 is 23.3. The summed E-state index contributed by atoms with van der Waals surface area (Å²) in [5.41, 5.74) is -2.08. The Balaban J connectivity index is 1.19. The van der Waals surface area contributed by atoms with Gasteiger partial charge in [-0.25, -0.2) is 9.59 Å². The number of hydrogen-bond acceptors (Lipinski definition) is 14. The van der Waals surface area contributed by atoms with Gasteiger partial charge in [0.15, 0.2) is 24.8 Å². The van der Waals surface area contributed by atoms with Crippen LogP contribution in [-0.4, -0.2) is 149 Å². The number of aliphatic hydroxyl groups excluding tert-OH is 7. The number of fused-ring (bicyclic) bond motifs is 6. The summed E-state index contributed by atoms with van der Waals surface area (Å²) in [5.74, 6) is -4.35. The maximum atomic E-state index is 13.2. The summed E-state index contributed by atoms with van der Waals surface area (Å²) in [6.07, 6.45) is -13.5. The monoisotopic (exact) mass is 838 g/mol. The second kappa shape index (κ2) is 14.5. The molecule has 332 valence electrons. The standard InChI is InChI=1S/C42H62O17/c1-37(2)20-10-11-42(7)21(39(20,4)15-19(43)31(37)59-35-28(49)24(45)26(47)30(58-35)33(52)53)9-8-17-18-14-40(5,36(54)55)22(16-38(18,3)12-13-41(17,42)6)56-34-27(48)23(44)25(46)29(57-34)32(50)51/h8-9,19-31,34-35,43-49H,10-16H2,1-7H3,(H,50,51)(H,52,53)(H,54,55)/t19?,20?,21?,22?,23-,24-,25+,26+,27-,28-,29+,30+,31?,34-,35+,38?,39?,40?,41?,42?/m1/s1. The fourth-order valence-corrected chi connectivity index (χ4v) is 13.2. The van der Waals surface area contributed by atoms with Crippen molar-refractivity contribution in [2.45, 2.75) is 173 Å². The van der Waals surface area contributed by atoms with Crippen LogP contribution in [-0.2, 0) is 33.3 Å². The predicted molar refractivity (Wildman–Crippen MR) is 202 cm³/mol. The van der Waals surface area contributed by atoms with Crippen molar-refractivity contribution in [3.8, 4) is 0 Å². The molecule has 10 unspecified atom stereocenters. The Bertz CT molecular complexity index is 1780. The minimum absolute atomic E-state index is 0.0371. The fourth-order valence-electron chi connectivity index (χ4n) is 13.2. The average molecular weight is 839 g/mol. The van der Waals surface area contributed by atoms with Crippen LogP contribution in [0.1, 0.15) is 93.4 Å². The molecular weight excluding hydrogens is 776 g/mol. The average Bonchev–Trinajstić information content (AvgIpc) is 3.14. The molecule has 7 rings (SSSR count). The van der Waals surface area contributed by atoms with E-state index in [1.54, 1.807) is 6.92 Å². The number of allylic oxidation sites excluding steroid dienone is 4. The Labute approximate surface area is 342 Å². The molecule has 0 bridgehead atoms. The molecule has 2 heterocycles. The number of carboxylic acid groups (broad SMARTS) is 3. The summed E-state index contributed by atoms with van der Waals surface area (Å²) in [6.45, 7) is 14.3. The van der Waals surface area contributed by atoms with Crippen LogP contribution < -0.4 is 0 Å². The molecule has 0 amide bonds. The molecule has 0 aromatic rings. The first-order valence-corrected chi connectivity index (χ1v) is 20.7. The van der Waals surface area contributed by atoms with Crippen LogP contribution >= 0.6 is 0 Å². The van der Waals surface area contributed by atoms with E-state index >= 15 is 0 Å². The Morgan fingerprint density at radius 1 is 0.695 bits per heavy atom. The third-order valence-corrected chi connectivity index (χ3v) is 16.9. The van der Waals surface area contributed by atoms with E-state index in [1.807, 2.05) is 13.8 Å². The van der Waals surface area contributed by atoms with Crippen molar-refractivity contribution in [2.75, 3.05) is 0 Å². The van der Waals surface area contributed by atoms with Crippen molar-refractivity contribution in [3.05, 3.63) is 23.3 Å². The molecule has 2 aliphatic heterocycles. The molecule has 17 heteroatoms. The predicted octanol–water partition coefficient (Wildman–Crippen LogP) is 0.928. The molecule has 10 N–H and O–H groups in total. The van der Waals surface area contributed by atoms with Crippen molar-refractivity contribution >= 4 is 17.9 Å². The molecule has 20 atom stereocenters. The Kier molecular flexibility index (Phi) is 10.9. The van der Waals surface area contributed by atoms with Crippen LogP contribution in [0.25, 0.3) is 0 Å². The van der Waals surface area contributed by atoms with E-state index in [1.165, 1.54) is 0 Å². The van der Waals surface area contributed by atoms with Crippen molar-refractivity contribution in [1.29, 1.82) is 0 Å². The van der Waals surface area contributed by atoms with Crippen LogP contribution in [0, 0.1) is 44.3 Å². The molecule has 17 nitrogen and oxygen atoms in total. The second-order valence-electron chi connectivity index (χ2n) is 20.5.